The third-order valence-corrected chi connectivity index (χ3v) is 3.15. The molecule has 1 heterocycles. The van der Waals surface area contributed by atoms with E-state index in [0.717, 1.165) is 5.33 Å². The van der Waals surface area contributed by atoms with Crippen molar-refractivity contribution < 1.29 is 0 Å². The van der Waals surface area contributed by atoms with Gasteiger partial charge in [-0.2, -0.15) is 0 Å². The van der Waals surface area contributed by atoms with Gasteiger partial charge < -0.3 is 9.47 Å². The number of rotatable bonds is 3. The van der Waals surface area contributed by atoms with Gasteiger partial charge in [0.05, 0.1) is 0 Å². The molecule has 0 saturated heterocycles. The van der Waals surface area contributed by atoms with Crippen LogP contribution in [0.1, 0.15) is 6.92 Å². The Morgan fingerprint density at radius 1 is 1.71 bits per heavy atom. The lowest BCUT2D eigenvalue weighted by molar-refractivity contribution is 0.731. The second-order valence-corrected chi connectivity index (χ2v) is 3.93. The lowest BCUT2D eigenvalue weighted by Crippen LogP contribution is -2.36. The minimum Gasteiger partial charge on any atom is -0.352 e. The highest BCUT2D eigenvalue weighted by Gasteiger charge is 2.13. The average Bonchev–Trinajstić information content (AvgIpc) is 2.20. The lowest BCUT2D eigenvalue weighted by Gasteiger charge is -2.23. The third kappa shape index (κ3) is 2.15. The highest BCUT2D eigenvalue weighted by molar-refractivity contribution is 9.09. The summed E-state index contributed by atoms with van der Waals surface area (Å²) in [6.45, 7) is 2.03. The summed E-state index contributed by atoms with van der Waals surface area (Å²) in [5.41, 5.74) is -0.0669. The molecule has 0 spiro atoms. The van der Waals surface area contributed by atoms with E-state index in [2.05, 4.69) is 20.9 Å². The monoisotopic (exact) mass is 259 g/mol. The van der Waals surface area contributed by atoms with E-state index in [4.69, 9.17) is 0 Å². The van der Waals surface area contributed by atoms with Crippen LogP contribution in [0.2, 0.25) is 0 Å². The Morgan fingerprint density at radius 2 is 2.36 bits per heavy atom. The molecule has 1 rings (SSSR count). The Bertz CT molecular complexity index is 363. The van der Waals surface area contributed by atoms with Crippen LogP contribution >= 0.6 is 15.9 Å². The first-order chi connectivity index (χ1) is 6.57. The van der Waals surface area contributed by atoms with Gasteiger partial charge >= 0.3 is 0 Å². The van der Waals surface area contributed by atoms with E-state index >= 15 is 0 Å². The van der Waals surface area contributed by atoms with Crippen molar-refractivity contribution in [1.29, 1.82) is 0 Å². The molecule has 0 radical (unpaired) electrons. The van der Waals surface area contributed by atoms with Crippen LogP contribution in [-0.2, 0) is 7.05 Å². The number of aromatic nitrogens is 2. The number of hydrogen-bond acceptors (Lipinski definition) is 3. The van der Waals surface area contributed by atoms with E-state index in [1.807, 2.05) is 18.9 Å². The lowest BCUT2D eigenvalue weighted by atomic mass is 10.3. The fourth-order valence-electron chi connectivity index (χ4n) is 1.04. The van der Waals surface area contributed by atoms with Crippen LogP contribution in [0.15, 0.2) is 17.2 Å². The van der Waals surface area contributed by atoms with E-state index in [-0.39, 0.29) is 11.6 Å². The van der Waals surface area contributed by atoms with Gasteiger partial charge in [0.15, 0.2) is 5.82 Å². The molecule has 0 aliphatic rings. The molecule has 78 valence electrons. The summed E-state index contributed by atoms with van der Waals surface area (Å²) >= 11 is 3.38. The van der Waals surface area contributed by atoms with Crippen molar-refractivity contribution in [1.82, 2.24) is 9.55 Å². The van der Waals surface area contributed by atoms with E-state index in [1.165, 1.54) is 4.57 Å². The topological polar surface area (TPSA) is 38.1 Å². The molecule has 4 nitrogen and oxygen atoms in total. The smallest absolute Gasteiger partial charge is 0.293 e. The molecule has 0 amide bonds. The van der Waals surface area contributed by atoms with Crippen LogP contribution < -0.4 is 10.5 Å². The summed E-state index contributed by atoms with van der Waals surface area (Å²) in [7, 11) is 3.59. The fraction of sp³-hybridized carbons (Fsp3) is 0.556. The Morgan fingerprint density at radius 3 is 2.93 bits per heavy atom. The van der Waals surface area contributed by atoms with Crippen molar-refractivity contribution in [2.45, 2.75) is 13.0 Å². The van der Waals surface area contributed by atoms with Crippen LogP contribution in [0.25, 0.3) is 0 Å². The van der Waals surface area contributed by atoms with Gasteiger partial charge in [0.1, 0.15) is 0 Å². The highest BCUT2D eigenvalue weighted by Crippen LogP contribution is 2.06. The molecule has 0 fully saturated rings. The van der Waals surface area contributed by atoms with Gasteiger partial charge in [-0.25, -0.2) is 4.98 Å². The van der Waals surface area contributed by atoms with Gasteiger partial charge in [0, 0.05) is 37.9 Å². The molecule has 14 heavy (non-hydrogen) atoms. The second-order valence-electron chi connectivity index (χ2n) is 3.28. The summed E-state index contributed by atoms with van der Waals surface area (Å²) in [4.78, 5) is 17.6. The Hall–Kier alpha value is -0.840. The van der Waals surface area contributed by atoms with Crippen molar-refractivity contribution in [3.63, 3.8) is 0 Å². The van der Waals surface area contributed by atoms with Crippen molar-refractivity contribution in [3.05, 3.63) is 22.7 Å². The summed E-state index contributed by atoms with van der Waals surface area (Å²) < 4.78 is 1.53. The van der Waals surface area contributed by atoms with Crippen molar-refractivity contribution in [2.75, 3.05) is 17.3 Å². The SMILES string of the molecule is CC(CBr)N(C)c1nccn(C)c1=O. The van der Waals surface area contributed by atoms with Crippen LogP contribution in [0.4, 0.5) is 5.82 Å². The minimum atomic E-state index is -0.0669. The number of anilines is 1. The number of hydrogen-bond donors (Lipinski definition) is 0. The van der Waals surface area contributed by atoms with E-state index in [9.17, 15) is 4.79 Å². The van der Waals surface area contributed by atoms with Crippen molar-refractivity contribution in [2.24, 2.45) is 7.05 Å². The van der Waals surface area contributed by atoms with Crippen LogP contribution in [0, 0.1) is 0 Å². The van der Waals surface area contributed by atoms with Gasteiger partial charge in [-0.15, -0.1) is 0 Å². The van der Waals surface area contributed by atoms with Gasteiger partial charge in [-0.1, -0.05) is 15.9 Å². The zero-order chi connectivity index (χ0) is 10.7. The van der Waals surface area contributed by atoms with Crippen LogP contribution in [0.5, 0.6) is 0 Å². The van der Waals surface area contributed by atoms with E-state index in [0.29, 0.717) is 5.82 Å². The van der Waals surface area contributed by atoms with Gasteiger partial charge in [0.2, 0.25) is 0 Å². The Kier molecular flexibility index (Phi) is 3.69. The number of nitrogens with zero attached hydrogens (tertiary/aromatic N) is 3. The van der Waals surface area contributed by atoms with Gasteiger partial charge in [0.25, 0.3) is 5.56 Å². The molecular weight excluding hydrogens is 246 g/mol. The first-order valence-electron chi connectivity index (χ1n) is 4.38. The normalized spacial score (nSPS) is 12.6. The number of halogens is 1. The first kappa shape index (κ1) is 11.2. The first-order valence-corrected chi connectivity index (χ1v) is 5.50. The van der Waals surface area contributed by atoms with Crippen LogP contribution in [0.3, 0.4) is 0 Å². The molecule has 0 saturated carbocycles. The summed E-state index contributed by atoms with van der Waals surface area (Å²) in [6, 6.07) is 0.248. The van der Waals surface area contributed by atoms with E-state index < -0.39 is 0 Å². The molecule has 0 N–H and O–H groups in total. The maximum Gasteiger partial charge on any atom is 0.293 e. The number of aryl methyl sites for hydroxylation is 1. The Labute approximate surface area is 91.7 Å². The fourth-order valence-corrected chi connectivity index (χ4v) is 1.47. The van der Waals surface area contributed by atoms with Crippen molar-refractivity contribution >= 4 is 21.7 Å². The van der Waals surface area contributed by atoms with E-state index in [1.54, 1.807) is 19.4 Å². The predicted octanol–water partition coefficient (Wildman–Crippen LogP) is 1.000. The molecular formula is C9H14BrN3O. The molecule has 0 bridgehead atoms. The second kappa shape index (κ2) is 4.59. The summed E-state index contributed by atoms with van der Waals surface area (Å²) in [5.74, 6) is 0.488. The molecule has 1 atom stereocenters. The maximum atomic E-state index is 11.7. The molecule has 1 aromatic rings. The average molecular weight is 260 g/mol. The number of alkyl halides is 1. The molecule has 0 aromatic carbocycles. The third-order valence-electron chi connectivity index (χ3n) is 2.22. The minimum absolute atomic E-state index is 0.0669. The predicted molar refractivity (Wildman–Crippen MR) is 61.1 cm³/mol. The largest absolute Gasteiger partial charge is 0.352 e. The molecule has 1 unspecified atom stereocenters. The van der Waals surface area contributed by atoms with Crippen LogP contribution in [-0.4, -0.2) is 28.0 Å². The van der Waals surface area contributed by atoms with Gasteiger partial charge in [-0.05, 0) is 6.92 Å². The molecule has 0 aliphatic carbocycles. The zero-order valence-electron chi connectivity index (χ0n) is 8.57. The molecule has 1 aromatic heterocycles. The van der Waals surface area contributed by atoms with Crippen molar-refractivity contribution in [3.8, 4) is 0 Å². The van der Waals surface area contributed by atoms with Gasteiger partial charge in [-0.3, -0.25) is 4.79 Å². The summed E-state index contributed by atoms with van der Waals surface area (Å²) in [5, 5.41) is 0.809. The Balaban J connectivity index is 3.07. The molecule has 5 heteroatoms. The maximum absolute atomic E-state index is 11.7. The highest BCUT2D eigenvalue weighted by atomic mass is 79.9. The zero-order valence-corrected chi connectivity index (χ0v) is 10.2. The summed E-state index contributed by atoms with van der Waals surface area (Å²) in [6.07, 6.45) is 3.28. The standard InChI is InChI=1S/C9H14BrN3O/c1-7(6-10)13(3)8-9(14)12(2)5-4-11-8/h4-5,7H,6H2,1-3H3. The quantitative estimate of drug-likeness (QED) is 0.761. The molecule has 0 aliphatic heterocycles.